The Morgan fingerprint density at radius 1 is 1.39 bits per heavy atom. The second kappa shape index (κ2) is 6.61. The second-order valence-electron chi connectivity index (χ2n) is 4.27. The zero-order valence-corrected chi connectivity index (χ0v) is 11.6. The van der Waals surface area contributed by atoms with Crippen LogP contribution in [0, 0.1) is 0 Å². The Kier molecular flexibility index (Phi) is 5.43. The number of nitrogens with one attached hydrogen (secondary N) is 1. The molecule has 6 nitrogen and oxygen atoms in total. The lowest BCUT2D eigenvalue weighted by molar-refractivity contribution is -0.130. The van der Waals surface area contributed by atoms with Crippen LogP contribution in [0.1, 0.15) is 0 Å². The molecule has 0 spiro atoms. The smallest absolute Gasteiger partial charge is 0.236 e. The predicted molar refractivity (Wildman–Crippen MR) is 73.2 cm³/mol. The van der Waals surface area contributed by atoms with Crippen molar-refractivity contribution in [2.24, 2.45) is 7.05 Å². The minimum atomic E-state index is 0. The van der Waals surface area contributed by atoms with Crippen LogP contribution in [0.3, 0.4) is 0 Å². The van der Waals surface area contributed by atoms with Crippen LogP contribution >= 0.6 is 12.4 Å². The fraction of sp³-hybridized carbons (Fsp3) is 0.636. The summed E-state index contributed by atoms with van der Waals surface area (Å²) in [5, 5.41) is 7.05. The molecule has 0 aliphatic carbocycles. The molecule has 0 aromatic carbocycles. The molecule has 2 heterocycles. The summed E-state index contributed by atoms with van der Waals surface area (Å²) in [4.78, 5) is 15.8. The number of rotatable bonds is 3. The zero-order valence-electron chi connectivity index (χ0n) is 10.8. The molecule has 1 fully saturated rings. The van der Waals surface area contributed by atoms with E-state index in [2.05, 4.69) is 15.3 Å². The first kappa shape index (κ1) is 14.8. The van der Waals surface area contributed by atoms with E-state index in [0.717, 1.165) is 31.9 Å². The maximum absolute atomic E-state index is 11.7. The van der Waals surface area contributed by atoms with Crippen LogP contribution in [0.25, 0.3) is 0 Å². The molecule has 0 atom stereocenters. The molecule has 7 heteroatoms. The standard InChI is InChI=1S/C11H19N5O.ClH/c1-12-8-11(17)16-5-3-15(4-6-16)10-7-13-14(2)9-10;/h7,9,12H,3-6,8H2,1-2H3;1H. The van der Waals surface area contributed by atoms with Crippen LogP contribution in [0.2, 0.25) is 0 Å². The Morgan fingerprint density at radius 2 is 2.06 bits per heavy atom. The van der Waals surface area contributed by atoms with Gasteiger partial charge in [0, 0.05) is 39.4 Å². The van der Waals surface area contributed by atoms with Gasteiger partial charge in [-0.2, -0.15) is 5.10 Å². The van der Waals surface area contributed by atoms with Crippen molar-refractivity contribution in [3.63, 3.8) is 0 Å². The third-order valence-corrected chi connectivity index (χ3v) is 3.02. The van der Waals surface area contributed by atoms with Gasteiger partial charge in [0.2, 0.25) is 5.91 Å². The summed E-state index contributed by atoms with van der Waals surface area (Å²) < 4.78 is 1.80. The molecule has 1 aromatic heterocycles. The van der Waals surface area contributed by atoms with Crippen molar-refractivity contribution in [1.29, 1.82) is 0 Å². The quantitative estimate of drug-likeness (QED) is 0.822. The summed E-state index contributed by atoms with van der Waals surface area (Å²) in [6.45, 7) is 3.75. The van der Waals surface area contributed by atoms with Gasteiger partial charge in [-0.1, -0.05) is 0 Å². The first-order chi connectivity index (χ1) is 8.20. The number of hydrogen-bond donors (Lipinski definition) is 1. The Balaban J connectivity index is 0.00000162. The number of aromatic nitrogens is 2. The maximum atomic E-state index is 11.7. The van der Waals surface area contributed by atoms with Crippen molar-refractivity contribution in [3.05, 3.63) is 12.4 Å². The van der Waals surface area contributed by atoms with Gasteiger partial charge in [0.1, 0.15) is 0 Å². The van der Waals surface area contributed by atoms with Gasteiger partial charge in [-0.25, -0.2) is 0 Å². The van der Waals surface area contributed by atoms with Crippen LogP contribution in [0.4, 0.5) is 5.69 Å². The molecule has 102 valence electrons. The summed E-state index contributed by atoms with van der Waals surface area (Å²) in [5.41, 5.74) is 1.13. The number of carbonyl (C=O) groups is 1. The van der Waals surface area contributed by atoms with Crippen molar-refractivity contribution in [3.8, 4) is 0 Å². The first-order valence-electron chi connectivity index (χ1n) is 5.86. The molecule has 1 aliphatic heterocycles. The van der Waals surface area contributed by atoms with E-state index in [9.17, 15) is 4.79 Å². The molecule has 0 saturated carbocycles. The van der Waals surface area contributed by atoms with E-state index in [0.29, 0.717) is 6.54 Å². The third kappa shape index (κ3) is 3.36. The lowest BCUT2D eigenvalue weighted by Crippen LogP contribution is -2.50. The number of piperazine rings is 1. The zero-order chi connectivity index (χ0) is 12.3. The van der Waals surface area contributed by atoms with Gasteiger partial charge in [-0.3, -0.25) is 9.48 Å². The molecule has 18 heavy (non-hydrogen) atoms. The molecule has 2 rings (SSSR count). The molecule has 1 amide bonds. The average Bonchev–Trinajstić information content (AvgIpc) is 2.76. The summed E-state index contributed by atoms with van der Waals surface area (Å²) in [6.07, 6.45) is 3.87. The van der Waals surface area contributed by atoms with E-state index in [1.807, 2.05) is 24.3 Å². The molecular weight excluding hydrogens is 254 g/mol. The first-order valence-corrected chi connectivity index (χ1v) is 5.86. The number of carbonyl (C=O) groups excluding carboxylic acids is 1. The lowest BCUT2D eigenvalue weighted by atomic mass is 10.3. The number of halogens is 1. The van der Waals surface area contributed by atoms with E-state index in [1.54, 1.807) is 11.7 Å². The second-order valence-corrected chi connectivity index (χ2v) is 4.27. The molecule has 0 unspecified atom stereocenters. The summed E-state index contributed by atoms with van der Waals surface area (Å²) in [6, 6.07) is 0. The number of aryl methyl sites for hydroxylation is 1. The predicted octanol–water partition coefficient (Wildman–Crippen LogP) is -0.290. The van der Waals surface area contributed by atoms with Gasteiger partial charge in [0.05, 0.1) is 18.4 Å². The van der Waals surface area contributed by atoms with Gasteiger partial charge in [0.25, 0.3) is 0 Å². The molecule has 1 aliphatic rings. The van der Waals surface area contributed by atoms with Crippen LogP contribution in [0.5, 0.6) is 0 Å². The SMILES string of the molecule is CNCC(=O)N1CCN(c2cnn(C)c2)CC1.Cl. The highest BCUT2D eigenvalue weighted by Gasteiger charge is 2.21. The van der Waals surface area contributed by atoms with Crippen LogP contribution in [-0.4, -0.2) is 60.4 Å². The molecule has 0 radical (unpaired) electrons. The Bertz CT molecular complexity index is 387. The molecular formula is C11H20ClN5O. The molecule has 1 aromatic rings. The normalized spacial score (nSPS) is 15.4. The van der Waals surface area contributed by atoms with E-state index in [-0.39, 0.29) is 18.3 Å². The monoisotopic (exact) mass is 273 g/mol. The largest absolute Gasteiger partial charge is 0.365 e. The van der Waals surface area contributed by atoms with Crippen LogP contribution in [0.15, 0.2) is 12.4 Å². The van der Waals surface area contributed by atoms with Gasteiger partial charge in [-0.15, -0.1) is 12.4 Å². The van der Waals surface area contributed by atoms with Gasteiger partial charge < -0.3 is 15.1 Å². The fourth-order valence-electron chi connectivity index (χ4n) is 2.05. The van der Waals surface area contributed by atoms with Crippen molar-refractivity contribution >= 4 is 24.0 Å². The highest BCUT2D eigenvalue weighted by molar-refractivity contribution is 5.85. The van der Waals surface area contributed by atoms with Gasteiger partial charge in [-0.05, 0) is 7.05 Å². The van der Waals surface area contributed by atoms with Crippen molar-refractivity contribution in [1.82, 2.24) is 20.0 Å². The summed E-state index contributed by atoms with van der Waals surface area (Å²) in [7, 11) is 3.71. The molecule has 1 saturated heterocycles. The minimum Gasteiger partial charge on any atom is -0.365 e. The summed E-state index contributed by atoms with van der Waals surface area (Å²) >= 11 is 0. The van der Waals surface area contributed by atoms with E-state index >= 15 is 0 Å². The third-order valence-electron chi connectivity index (χ3n) is 3.02. The molecule has 0 bridgehead atoms. The highest BCUT2D eigenvalue weighted by atomic mass is 35.5. The van der Waals surface area contributed by atoms with Crippen LogP contribution in [-0.2, 0) is 11.8 Å². The average molecular weight is 274 g/mol. The highest BCUT2D eigenvalue weighted by Crippen LogP contribution is 2.14. The van der Waals surface area contributed by atoms with E-state index in [1.165, 1.54) is 0 Å². The van der Waals surface area contributed by atoms with E-state index < -0.39 is 0 Å². The van der Waals surface area contributed by atoms with Crippen molar-refractivity contribution in [2.75, 3.05) is 44.7 Å². The number of hydrogen-bond acceptors (Lipinski definition) is 4. The van der Waals surface area contributed by atoms with E-state index in [4.69, 9.17) is 0 Å². The van der Waals surface area contributed by atoms with Crippen molar-refractivity contribution in [2.45, 2.75) is 0 Å². The van der Waals surface area contributed by atoms with Gasteiger partial charge >= 0.3 is 0 Å². The lowest BCUT2D eigenvalue weighted by Gasteiger charge is -2.35. The number of nitrogens with zero attached hydrogens (tertiary/aromatic N) is 4. The molecule has 1 N–H and O–H groups in total. The number of likely N-dealkylation sites (N-methyl/N-ethyl adjacent to an activating group) is 1. The maximum Gasteiger partial charge on any atom is 0.236 e. The number of anilines is 1. The Hall–Kier alpha value is -1.27. The van der Waals surface area contributed by atoms with Gasteiger partial charge in [0.15, 0.2) is 0 Å². The Morgan fingerprint density at radius 3 is 2.56 bits per heavy atom. The Labute approximate surface area is 113 Å². The minimum absolute atomic E-state index is 0. The fourth-order valence-corrected chi connectivity index (χ4v) is 2.05. The van der Waals surface area contributed by atoms with Crippen LogP contribution < -0.4 is 10.2 Å². The van der Waals surface area contributed by atoms with Crippen molar-refractivity contribution < 1.29 is 4.79 Å². The number of amides is 1. The summed E-state index contributed by atoms with van der Waals surface area (Å²) in [5.74, 6) is 0.179. The topological polar surface area (TPSA) is 53.4 Å².